The van der Waals surface area contributed by atoms with Crippen LogP contribution in [0.2, 0.25) is 5.02 Å². The first kappa shape index (κ1) is 12.0. The van der Waals surface area contributed by atoms with E-state index in [9.17, 15) is 4.79 Å². The summed E-state index contributed by atoms with van der Waals surface area (Å²) in [5.41, 5.74) is 0.873. The van der Waals surface area contributed by atoms with E-state index in [4.69, 9.17) is 21.1 Å². The molecular weight excluding hydrogens is 216 g/mol. The van der Waals surface area contributed by atoms with E-state index < -0.39 is 5.97 Å². The van der Waals surface area contributed by atoms with Crippen LogP contribution in [0.3, 0.4) is 0 Å². The first-order chi connectivity index (χ1) is 7.13. The van der Waals surface area contributed by atoms with Crippen molar-refractivity contribution in [2.45, 2.75) is 13.8 Å². The fourth-order valence-corrected chi connectivity index (χ4v) is 1.14. The molecule has 0 aliphatic carbocycles. The lowest BCUT2D eigenvalue weighted by molar-refractivity contribution is -0.139. The van der Waals surface area contributed by atoms with Crippen LogP contribution in [0.5, 0.6) is 5.75 Å². The van der Waals surface area contributed by atoms with Gasteiger partial charge in [-0.3, -0.25) is 0 Å². The van der Waals surface area contributed by atoms with Crippen molar-refractivity contribution in [2.24, 2.45) is 0 Å². The number of esters is 1. The van der Waals surface area contributed by atoms with Gasteiger partial charge in [0.05, 0.1) is 0 Å². The third-order valence-electron chi connectivity index (χ3n) is 1.79. The Morgan fingerprint density at radius 2 is 2.20 bits per heavy atom. The number of carbonyl (C=O) groups is 1. The number of aryl methyl sites for hydroxylation is 1. The zero-order valence-electron chi connectivity index (χ0n) is 8.75. The Balaban J connectivity index is 2.57. The van der Waals surface area contributed by atoms with Crippen LogP contribution in [0, 0.1) is 6.92 Å². The average molecular weight is 229 g/mol. The van der Waals surface area contributed by atoms with Crippen molar-refractivity contribution in [3.63, 3.8) is 0 Å². The Labute approximate surface area is 93.9 Å². The Hall–Kier alpha value is -1.06. The van der Waals surface area contributed by atoms with Gasteiger partial charge >= 0.3 is 5.97 Å². The lowest BCUT2D eigenvalue weighted by atomic mass is 10.2. The number of rotatable bonds is 4. The topological polar surface area (TPSA) is 35.5 Å². The molecule has 0 spiro atoms. The molecule has 0 aliphatic heterocycles. The molecule has 0 aliphatic rings. The van der Waals surface area contributed by atoms with Crippen molar-refractivity contribution in [1.29, 1.82) is 0 Å². The van der Waals surface area contributed by atoms with Crippen LogP contribution in [0.1, 0.15) is 12.5 Å². The zero-order valence-corrected chi connectivity index (χ0v) is 9.50. The minimum Gasteiger partial charge on any atom is -0.425 e. The Kier molecular flexibility index (Phi) is 4.59. The van der Waals surface area contributed by atoms with Gasteiger partial charge in [0.1, 0.15) is 12.4 Å². The van der Waals surface area contributed by atoms with Gasteiger partial charge < -0.3 is 9.47 Å². The summed E-state index contributed by atoms with van der Waals surface area (Å²) in [4.78, 5) is 11.2. The highest BCUT2D eigenvalue weighted by atomic mass is 35.5. The number of ether oxygens (including phenoxy) is 2. The highest BCUT2D eigenvalue weighted by Crippen LogP contribution is 2.20. The Morgan fingerprint density at radius 3 is 2.80 bits per heavy atom. The SMILES string of the molecule is CCOCC(=O)Oc1ccc(Cl)c(C)c1. The van der Waals surface area contributed by atoms with Gasteiger partial charge in [-0.1, -0.05) is 11.6 Å². The van der Waals surface area contributed by atoms with Crippen molar-refractivity contribution in [1.82, 2.24) is 0 Å². The summed E-state index contributed by atoms with van der Waals surface area (Å²) in [6.45, 7) is 4.13. The molecule has 0 fully saturated rings. The maximum Gasteiger partial charge on any atom is 0.337 e. The van der Waals surface area contributed by atoms with Gasteiger partial charge in [0.25, 0.3) is 0 Å². The predicted molar refractivity (Wildman–Crippen MR) is 58.3 cm³/mol. The Bertz CT molecular complexity index is 350. The Morgan fingerprint density at radius 1 is 1.47 bits per heavy atom. The van der Waals surface area contributed by atoms with Crippen LogP contribution >= 0.6 is 11.6 Å². The maximum absolute atomic E-state index is 11.2. The smallest absolute Gasteiger partial charge is 0.337 e. The van der Waals surface area contributed by atoms with Crippen molar-refractivity contribution in [3.8, 4) is 5.75 Å². The number of benzene rings is 1. The fraction of sp³-hybridized carbons (Fsp3) is 0.364. The number of carbonyl (C=O) groups excluding carboxylic acids is 1. The standard InChI is InChI=1S/C11H13ClO3/c1-3-14-7-11(13)15-9-4-5-10(12)8(2)6-9/h4-6H,3,7H2,1-2H3. The van der Waals surface area contributed by atoms with Crippen molar-refractivity contribution >= 4 is 17.6 Å². The summed E-state index contributed by atoms with van der Waals surface area (Å²) in [5.74, 6) is 0.0835. The highest BCUT2D eigenvalue weighted by Gasteiger charge is 2.05. The molecule has 0 saturated carbocycles. The van der Waals surface area contributed by atoms with Crippen molar-refractivity contribution in [3.05, 3.63) is 28.8 Å². The molecule has 0 amide bonds. The van der Waals surface area contributed by atoms with Gasteiger partial charge in [0, 0.05) is 11.6 Å². The minimum absolute atomic E-state index is 0.0296. The van der Waals surface area contributed by atoms with Gasteiger partial charge in [0.2, 0.25) is 0 Å². The fourth-order valence-electron chi connectivity index (χ4n) is 1.03. The van der Waals surface area contributed by atoms with Gasteiger partial charge in [0.15, 0.2) is 0 Å². The minimum atomic E-state index is -0.404. The normalized spacial score (nSPS) is 10.1. The van der Waals surface area contributed by atoms with E-state index in [-0.39, 0.29) is 6.61 Å². The van der Waals surface area contributed by atoms with Crippen LogP contribution < -0.4 is 4.74 Å². The second-order valence-electron chi connectivity index (χ2n) is 3.02. The molecule has 1 aromatic carbocycles. The van der Waals surface area contributed by atoms with Gasteiger partial charge in [-0.25, -0.2) is 4.79 Å². The maximum atomic E-state index is 11.2. The molecule has 0 saturated heterocycles. The van der Waals surface area contributed by atoms with Crippen molar-refractivity contribution in [2.75, 3.05) is 13.2 Å². The van der Waals surface area contributed by atoms with E-state index in [0.717, 1.165) is 5.56 Å². The van der Waals surface area contributed by atoms with Crippen LogP contribution in [0.15, 0.2) is 18.2 Å². The molecule has 0 atom stereocenters. The van der Waals surface area contributed by atoms with E-state index in [1.807, 2.05) is 13.8 Å². The first-order valence-corrected chi connectivity index (χ1v) is 5.06. The lowest BCUT2D eigenvalue weighted by Crippen LogP contribution is -2.15. The zero-order chi connectivity index (χ0) is 11.3. The van der Waals surface area contributed by atoms with E-state index in [2.05, 4.69) is 0 Å². The summed E-state index contributed by atoms with van der Waals surface area (Å²) in [6.07, 6.45) is 0. The monoisotopic (exact) mass is 228 g/mol. The summed E-state index contributed by atoms with van der Waals surface area (Å²) in [5, 5.41) is 0.652. The van der Waals surface area contributed by atoms with Crippen LogP contribution in [-0.2, 0) is 9.53 Å². The van der Waals surface area contributed by atoms with E-state index in [0.29, 0.717) is 17.4 Å². The number of halogens is 1. The third-order valence-corrected chi connectivity index (χ3v) is 2.21. The van der Waals surface area contributed by atoms with E-state index in [1.165, 1.54) is 0 Å². The molecule has 0 N–H and O–H groups in total. The summed E-state index contributed by atoms with van der Waals surface area (Å²) >= 11 is 5.84. The highest BCUT2D eigenvalue weighted by molar-refractivity contribution is 6.31. The summed E-state index contributed by atoms with van der Waals surface area (Å²) in [6, 6.07) is 5.06. The van der Waals surface area contributed by atoms with Crippen LogP contribution in [0.4, 0.5) is 0 Å². The molecule has 0 heterocycles. The predicted octanol–water partition coefficient (Wildman–Crippen LogP) is 2.59. The largest absolute Gasteiger partial charge is 0.425 e. The first-order valence-electron chi connectivity index (χ1n) is 4.68. The van der Waals surface area contributed by atoms with Crippen molar-refractivity contribution < 1.29 is 14.3 Å². The molecule has 0 unspecified atom stereocenters. The average Bonchev–Trinajstić information content (AvgIpc) is 2.20. The van der Waals surface area contributed by atoms with E-state index in [1.54, 1.807) is 18.2 Å². The second kappa shape index (κ2) is 5.73. The number of hydrogen-bond acceptors (Lipinski definition) is 3. The van der Waals surface area contributed by atoms with Gasteiger partial charge in [-0.2, -0.15) is 0 Å². The molecule has 1 aromatic rings. The summed E-state index contributed by atoms with van der Waals surface area (Å²) < 4.78 is 9.95. The molecule has 0 bridgehead atoms. The lowest BCUT2D eigenvalue weighted by Gasteiger charge is -2.05. The van der Waals surface area contributed by atoms with Gasteiger partial charge in [-0.15, -0.1) is 0 Å². The molecule has 15 heavy (non-hydrogen) atoms. The molecule has 1 rings (SSSR count). The molecule has 3 nitrogen and oxygen atoms in total. The van der Waals surface area contributed by atoms with Gasteiger partial charge in [-0.05, 0) is 37.6 Å². The quantitative estimate of drug-likeness (QED) is 0.587. The van der Waals surface area contributed by atoms with E-state index >= 15 is 0 Å². The van der Waals surface area contributed by atoms with Crippen LogP contribution in [-0.4, -0.2) is 19.2 Å². The molecule has 0 radical (unpaired) electrons. The van der Waals surface area contributed by atoms with Crippen LogP contribution in [0.25, 0.3) is 0 Å². The third kappa shape index (κ3) is 3.90. The summed E-state index contributed by atoms with van der Waals surface area (Å²) in [7, 11) is 0. The molecule has 4 heteroatoms. The molecule has 0 aromatic heterocycles. The second-order valence-corrected chi connectivity index (χ2v) is 3.43. The number of hydrogen-bond donors (Lipinski definition) is 0. The molecular formula is C11H13ClO3. The molecule has 82 valence electrons.